The molecule has 0 N–H and O–H groups in total. The van der Waals surface area contributed by atoms with Gasteiger partial charge in [0.2, 0.25) is 0 Å². The number of ether oxygens (including phenoxy) is 2. The van der Waals surface area contributed by atoms with E-state index < -0.39 is 0 Å². The van der Waals surface area contributed by atoms with Gasteiger partial charge in [-0.25, -0.2) is 4.39 Å². The maximum Gasteiger partial charge on any atom is 0.131 e. The van der Waals surface area contributed by atoms with E-state index in [1.54, 1.807) is 6.07 Å². The lowest BCUT2D eigenvalue weighted by atomic mass is 9.94. The molecule has 0 heterocycles. The molecule has 0 spiro atoms. The summed E-state index contributed by atoms with van der Waals surface area (Å²) in [6.07, 6.45) is 0. The highest BCUT2D eigenvalue weighted by Gasteiger charge is 2.13. The van der Waals surface area contributed by atoms with E-state index in [1.807, 2.05) is 68.4 Å². The van der Waals surface area contributed by atoms with E-state index in [9.17, 15) is 4.39 Å². The van der Waals surface area contributed by atoms with Gasteiger partial charge in [0, 0.05) is 5.56 Å². The Hall–Kier alpha value is -2.81. The largest absolute Gasteiger partial charge is 0.494 e. The molecule has 0 fully saturated rings. The molecule has 3 heteroatoms. The van der Waals surface area contributed by atoms with Gasteiger partial charge >= 0.3 is 0 Å². The second-order valence-corrected chi connectivity index (χ2v) is 5.58. The first-order chi connectivity index (χ1) is 12.2. The van der Waals surface area contributed by atoms with Crippen molar-refractivity contribution >= 4 is 0 Å². The van der Waals surface area contributed by atoms with E-state index in [0.717, 1.165) is 28.2 Å². The first-order valence-corrected chi connectivity index (χ1v) is 8.48. The van der Waals surface area contributed by atoms with Gasteiger partial charge in [0.15, 0.2) is 0 Å². The second kappa shape index (κ2) is 7.84. The van der Waals surface area contributed by atoms with E-state index in [1.165, 1.54) is 6.07 Å². The molecule has 0 unspecified atom stereocenters. The van der Waals surface area contributed by atoms with Crippen LogP contribution >= 0.6 is 0 Å². The van der Waals surface area contributed by atoms with E-state index in [4.69, 9.17) is 9.47 Å². The summed E-state index contributed by atoms with van der Waals surface area (Å²) in [6.45, 7) is 5.12. The van der Waals surface area contributed by atoms with E-state index in [2.05, 4.69) is 0 Å². The van der Waals surface area contributed by atoms with Crippen LogP contribution in [0.25, 0.3) is 22.3 Å². The van der Waals surface area contributed by atoms with Crippen LogP contribution in [-0.2, 0) is 0 Å². The average Bonchev–Trinajstić information content (AvgIpc) is 2.64. The zero-order valence-electron chi connectivity index (χ0n) is 14.5. The highest BCUT2D eigenvalue weighted by molar-refractivity contribution is 5.84. The van der Waals surface area contributed by atoms with Crippen LogP contribution in [0.5, 0.6) is 11.5 Å². The van der Waals surface area contributed by atoms with E-state index in [0.29, 0.717) is 18.8 Å². The van der Waals surface area contributed by atoms with Crippen molar-refractivity contribution in [2.75, 3.05) is 13.2 Å². The molecule has 25 heavy (non-hydrogen) atoms. The molecule has 0 aliphatic rings. The van der Waals surface area contributed by atoms with Gasteiger partial charge in [-0.1, -0.05) is 36.4 Å². The molecule has 0 aromatic heterocycles. The van der Waals surface area contributed by atoms with Crippen LogP contribution in [0.1, 0.15) is 13.8 Å². The zero-order chi connectivity index (χ0) is 17.6. The van der Waals surface area contributed by atoms with Gasteiger partial charge in [-0.3, -0.25) is 0 Å². The van der Waals surface area contributed by atoms with Gasteiger partial charge in [0.1, 0.15) is 17.3 Å². The summed E-state index contributed by atoms with van der Waals surface area (Å²) in [5.74, 6) is 1.35. The van der Waals surface area contributed by atoms with Crippen molar-refractivity contribution < 1.29 is 13.9 Å². The summed E-state index contributed by atoms with van der Waals surface area (Å²) in [6, 6.07) is 20.4. The Morgan fingerprint density at radius 1 is 0.680 bits per heavy atom. The number of halogens is 1. The minimum atomic E-state index is -0.240. The molecule has 0 saturated heterocycles. The molecule has 0 atom stereocenters. The maximum atomic E-state index is 14.6. The molecule has 0 bridgehead atoms. The average molecular weight is 336 g/mol. The van der Waals surface area contributed by atoms with Crippen LogP contribution in [0.15, 0.2) is 66.7 Å². The molecule has 0 saturated carbocycles. The van der Waals surface area contributed by atoms with Gasteiger partial charge in [0.05, 0.1) is 13.2 Å². The summed E-state index contributed by atoms with van der Waals surface area (Å²) in [5, 5.41) is 0. The molecule has 0 radical (unpaired) electrons. The lowest BCUT2D eigenvalue weighted by Gasteiger charge is -2.13. The SMILES string of the molecule is CCOc1ccc(-c2cccc(F)c2-c2ccc(OCC)cc2)cc1. The van der Waals surface area contributed by atoms with Crippen molar-refractivity contribution in [2.45, 2.75) is 13.8 Å². The summed E-state index contributed by atoms with van der Waals surface area (Å²) < 4.78 is 25.6. The van der Waals surface area contributed by atoms with Gasteiger partial charge in [-0.2, -0.15) is 0 Å². The van der Waals surface area contributed by atoms with Crippen molar-refractivity contribution in [1.29, 1.82) is 0 Å². The molecule has 0 aliphatic carbocycles. The lowest BCUT2D eigenvalue weighted by Crippen LogP contribution is -1.93. The Labute approximate surface area is 147 Å². The highest BCUT2D eigenvalue weighted by Crippen LogP contribution is 2.35. The van der Waals surface area contributed by atoms with Crippen LogP contribution in [-0.4, -0.2) is 13.2 Å². The van der Waals surface area contributed by atoms with Crippen LogP contribution in [0.2, 0.25) is 0 Å². The fourth-order valence-electron chi connectivity index (χ4n) is 2.84. The standard InChI is InChI=1S/C22H21FO2/c1-3-24-18-12-8-16(9-13-18)20-6-5-7-21(23)22(20)17-10-14-19(15-11-17)25-4-2/h5-15H,3-4H2,1-2H3. The Bertz CT molecular complexity index is 824. The van der Waals surface area contributed by atoms with Crippen LogP contribution in [0.4, 0.5) is 4.39 Å². The monoisotopic (exact) mass is 336 g/mol. The number of hydrogen-bond donors (Lipinski definition) is 0. The van der Waals surface area contributed by atoms with Crippen LogP contribution in [0, 0.1) is 5.82 Å². The summed E-state index contributed by atoms with van der Waals surface area (Å²) in [7, 11) is 0. The van der Waals surface area contributed by atoms with E-state index >= 15 is 0 Å². The third-order valence-electron chi connectivity index (χ3n) is 3.94. The van der Waals surface area contributed by atoms with Crippen molar-refractivity contribution in [3.8, 4) is 33.8 Å². The summed E-state index contributed by atoms with van der Waals surface area (Å²) in [4.78, 5) is 0. The number of benzene rings is 3. The molecule has 128 valence electrons. The Morgan fingerprint density at radius 2 is 1.20 bits per heavy atom. The first-order valence-electron chi connectivity index (χ1n) is 8.48. The smallest absolute Gasteiger partial charge is 0.131 e. The number of rotatable bonds is 6. The Balaban J connectivity index is 2.02. The van der Waals surface area contributed by atoms with Gasteiger partial charge < -0.3 is 9.47 Å². The van der Waals surface area contributed by atoms with Crippen molar-refractivity contribution in [3.63, 3.8) is 0 Å². The third kappa shape index (κ3) is 3.82. The van der Waals surface area contributed by atoms with Gasteiger partial charge in [0.25, 0.3) is 0 Å². The normalized spacial score (nSPS) is 10.5. The molecule has 0 aliphatic heterocycles. The minimum Gasteiger partial charge on any atom is -0.494 e. The summed E-state index contributed by atoms with van der Waals surface area (Å²) >= 11 is 0. The highest BCUT2D eigenvalue weighted by atomic mass is 19.1. The van der Waals surface area contributed by atoms with Crippen molar-refractivity contribution in [1.82, 2.24) is 0 Å². The van der Waals surface area contributed by atoms with Crippen LogP contribution in [0.3, 0.4) is 0 Å². The molecule has 3 aromatic rings. The predicted molar refractivity (Wildman–Crippen MR) is 99.6 cm³/mol. The van der Waals surface area contributed by atoms with Crippen molar-refractivity contribution in [3.05, 3.63) is 72.5 Å². The lowest BCUT2D eigenvalue weighted by molar-refractivity contribution is 0.340. The topological polar surface area (TPSA) is 18.5 Å². The van der Waals surface area contributed by atoms with Crippen LogP contribution < -0.4 is 9.47 Å². The fourth-order valence-corrected chi connectivity index (χ4v) is 2.84. The molecule has 2 nitrogen and oxygen atoms in total. The quantitative estimate of drug-likeness (QED) is 0.553. The molecule has 3 rings (SSSR count). The molecular formula is C22H21FO2. The predicted octanol–water partition coefficient (Wildman–Crippen LogP) is 5.96. The zero-order valence-corrected chi connectivity index (χ0v) is 14.5. The number of hydrogen-bond acceptors (Lipinski definition) is 2. The Morgan fingerprint density at radius 3 is 1.72 bits per heavy atom. The minimum absolute atomic E-state index is 0.240. The maximum absolute atomic E-state index is 14.6. The molecular weight excluding hydrogens is 315 g/mol. The van der Waals surface area contributed by atoms with Gasteiger partial charge in [-0.05, 0) is 60.9 Å². The molecule has 3 aromatic carbocycles. The van der Waals surface area contributed by atoms with Crippen molar-refractivity contribution in [2.24, 2.45) is 0 Å². The van der Waals surface area contributed by atoms with Gasteiger partial charge in [-0.15, -0.1) is 0 Å². The first kappa shape index (κ1) is 17.0. The Kier molecular flexibility index (Phi) is 5.34. The van der Waals surface area contributed by atoms with E-state index in [-0.39, 0.29) is 5.82 Å². The summed E-state index contributed by atoms with van der Waals surface area (Å²) in [5.41, 5.74) is 3.22. The fraction of sp³-hybridized carbons (Fsp3) is 0.182. The second-order valence-electron chi connectivity index (χ2n) is 5.58. The molecule has 0 amide bonds. The third-order valence-corrected chi connectivity index (χ3v) is 3.94.